The predicted octanol–water partition coefficient (Wildman–Crippen LogP) is 3.90. The Balaban J connectivity index is 1.73. The van der Waals surface area contributed by atoms with Crippen LogP contribution in [0.4, 0.5) is 11.5 Å². The maximum Gasteiger partial charge on any atom is 0.265 e. The van der Waals surface area contributed by atoms with Crippen LogP contribution >= 0.6 is 0 Å². The molecule has 8 heteroatoms. The number of nitrogens with zero attached hydrogens (tertiary/aromatic N) is 5. The van der Waals surface area contributed by atoms with Gasteiger partial charge in [0.25, 0.3) is 5.56 Å². The zero-order valence-corrected chi connectivity index (χ0v) is 18.1. The molecule has 0 amide bonds. The first-order valence-corrected chi connectivity index (χ1v) is 10.4. The molecule has 0 radical (unpaired) electrons. The summed E-state index contributed by atoms with van der Waals surface area (Å²) >= 11 is 0. The number of pyridine rings is 1. The van der Waals surface area contributed by atoms with Crippen LogP contribution in [0.15, 0.2) is 72.0 Å². The summed E-state index contributed by atoms with van der Waals surface area (Å²) in [5, 5.41) is 5.01. The Labute approximate surface area is 184 Å². The van der Waals surface area contributed by atoms with Gasteiger partial charge in [-0.05, 0) is 36.6 Å². The maximum absolute atomic E-state index is 13.9. The number of para-hydroxylation sites is 1. The van der Waals surface area contributed by atoms with Crippen molar-refractivity contribution in [1.29, 1.82) is 0 Å². The molecule has 0 saturated heterocycles. The summed E-state index contributed by atoms with van der Waals surface area (Å²) in [6, 6.07) is 17.5. The summed E-state index contributed by atoms with van der Waals surface area (Å²) < 4.78 is 1.77. The molecular formula is C24H23N7O. The van der Waals surface area contributed by atoms with E-state index in [2.05, 4.69) is 31.3 Å². The van der Waals surface area contributed by atoms with Crippen LogP contribution in [0.3, 0.4) is 0 Å². The third-order valence-corrected chi connectivity index (χ3v) is 5.56. The fraction of sp³-hybridized carbons (Fsp3) is 0.167. The van der Waals surface area contributed by atoms with Crippen molar-refractivity contribution in [2.45, 2.75) is 13.0 Å². The van der Waals surface area contributed by atoms with Gasteiger partial charge in [0.1, 0.15) is 11.8 Å². The van der Waals surface area contributed by atoms with E-state index in [0.29, 0.717) is 22.4 Å². The lowest BCUT2D eigenvalue weighted by molar-refractivity contribution is 0.774. The van der Waals surface area contributed by atoms with Gasteiger partial charge in [0.05, 0.1) is 17.8 Å². The van der Waals surface area contributed by atoms with Crippen molar-refractivity contribution < 1.29 is 0 Å². The lowest BCUT2D eigenvalue weighted by Crippen LogP contribution is -2.27. The van der Waals surface area contributed by atoms with Gasteiger partial charge in [-0.3, -0.25) is 9.36 Å². The van der Waals surface area contributed by atoms with Crippen LogP contribution in [0.25, 0.3) is 27.6 Å². The standard InChI is InChI=1S/C24H23N7O/c1-15(29-23-21-22(26-13-25-21)27-14-28-23)19-12-16-8-7-11-18(30(2)3)20(16)24(32)31(19)17-9-5-4-6-10-17/h4-15H,1-3H3,(H2,25,26,27,28,29)/t15-/m0/s1. The largest absolute Gasteiger partial charge is 0.377 e. The summed E-state index contributed by atoms with van der Waals surface area (Å²) in [7, 11) is 3.90. The number of anilines is 2. The van der Waals surface area contributed by atoms with E-state index in [1.807, 2.05) is 74.4 Å². The predicted molar refractivity (Wildman–Crippen MR) is 128 cm³/mol. The minimum absolute atomic E-state index is 0.0609. The first-order chi connectivity index (χ1) is 15.5. The molecule has 2 N–H and O–H groups in total. The number of fused-ring (bicyclic) bond motifs is 2. The number of hydrogen-bond acceptors (Lipinski definition) is 6. The highest BCUT2D eigenvalue weighted by Crippen LogP contribution is 2.28. The first kappa shape index (κ1) is 19.7. The first-order valence-electron chi connectivity index (χ1n) is 10.4. The molecule has 0 aliphatic heterocycles. The molecule has 5 aromatic rings. The van der Waals surface area contributed by atoms with Crippen LogP contribution in [0.1, 0.15) is 18.7 Å². The molecule has 0 aliphatic carbocycles. The Hall–Kier alpha value is -4.20. The molecule has 5 rings (SSSR count). The molecule has 32 heavy (non-hydrogen) atoms. The third kappa shape index (κ3) is 3.26. The normalized spacial score (nSPS) is 12.2. The van der Waals surface area contributed by atoms with E-state index in [1.54, 1.807) is 10.9 Å². The number of aromatic amines is 1. The smallest absolute Gasteiger partial charge is 0.265 e. The lowest BCUT2D eigenvalue weighted by Gasteiger charge is -2.23. The van der Waals surface area contributed by atoms with Crippen LogP contribution < -0.4 is 15.8 Å². The molecule has 1 atom stereocenters. The quantitative estimate of drug-likeness (QED) is 0.444. The van der Waals surface area contributed by atoms with Gasteiger partial charge in [-0.15, -0.1) is 0 Å². The Kier molecular flexibility index (Phi) is 4.82. The fourth-order valence-electron chi connectivity index (χ4n) is 4.05. The van der Waals surface area contributed by atoms with Gasteiger partial charge in [0.15, 0.2) is 11.5 Å². The number of nitrogens with one attached hydrogen (secondary N) is 2. The Morgan fingerprint density at radius 3 is 2.62 bits per heavy atom. The van der Waals surface area contributed by atoms with E-state index >= 15 is 0 Å². The molecule has 0 saturated carbocycles. The van der Waals surface area contributed by atoms with E-state index in [1.165, 1.54) is 6.33 Å². The lowest BCUT2D eigenvalue weighted by atomic mass is 10.1. The number of aromatic nitrogens is 5. The summed E-state index contributed by atoms with van der Waals surface area (Å²) in [6.07, 6.45) is 3.08. The van der Waals surface area contributed by atoms with Crippen molar-refractivity contribution in [3.63, 3.8) is 0 Å². The summed E-state index contributed by atoms with van der Waals surface area (Å²) in [4.78, 5) is 31.7. The topological polar surface area (TPSA) is 91.7 Å². The van der Waals surface area contributed by atoms with Crippen LogP contribution in [0.2, 0.25) is 0 Å². The van der Waals surface area contributed by atoms with E-state index in [9.17, 15) is 4.79 Å². The number of H-pyrrole nitrogens is 1. The maximum atomic E-state index is 13.9. The van der Waals surface area contributed by atoms with Crippen molar-refractivity contribution in [2.24, 2.45) is 0 Å². The molecule has 0 unspecified atom stereocenters. The zero-order chi connectivity index (χ0) is 22.2. The van der Waals surface area contributed by atoms with Gasteiger partial charge >= 0.3 is 0 Å². The molecule has 0 fully saturated rings. The van der Waals surface area contributed by atoms with Gasteiger partial charge < -0.3 is 15.2 Å². The van der Waals surface area contributed by atoms with E-state index in [4.69, 9.17) is 0 Å². The molecule has 3 heterocycles. The Bertz CT molecular complexity index is 1470. The van der Waals surface area contributed by atoms with Crippen molar-refractivity contribution in [2.75, 3.05) is 24.3 Å². The third-order valence-electron chi connectivity index (χ3n) is 5.56. The molecule has 3 aromatic heterocycles. The van der Waals surface area contributed by atoms with Gasteiger partial charge in [0.2, 0.25) is 0 Å². The number of benzene rings is 2. The molecule has 0 spiro atoms. The SMILES string of the molecule is C[C@H](Nc1ncnc2[nH]cnc12)c1cc2cccc(N(C)C)c2c(=O)n1-c1ccccc1. The number of imidazole rings is 1. The van der Waals surface area contributed by atoms with Gasteiger partial charge in [-0.25, -0.2) is 15.0 Å². The Morgan fingerprint density at radius 1 is 1.03 bits per heavy atom. The highest BCUT2D eigenvalue weighted by atomic mass is 16.1. The highest BCUT2D eigenvalue weighted by molar-refractivity contribution is 5.94. The van der Waals surface area contributed by atoms with Crippen molar-refractivity contribution in [3.05, 3.63) is 83.3 Å². The van der Waals surface area contributed by atoms with Crippen molar-refractivity contribution in [3.8, 4) is 5.69 Å². The molecule has 0 bridgehead atoms. The molecule has 160 valence electrons. The minimum atomic E-state index is -0.231. The zero-order valence-electron chi connectivity index (χ0n) is 18.1. The van der Waals surface area contributed by atoms with Gasteiger partial charge in [-0.2, -0.15) is 0 Å². The van der Waals surface area contributed by atoms with Crippen molar-refractivity contribution in [1.82, 2.24) is 24.5 Å². The molecule has 0 aliphatic rings. The average molecular weight is 425 g/mol. The summed E-state index contributed by atoms with van der Waals surface area (Å²) in [6.45, 7) is 2.01. The second-order valence-electron chi connectivity index (χ2n) is 7.87. The Morgan fingerprint density at radius 2 is 1.84 bits per heavy atom. The van der Waals surface area contributed by atoms with E-state index in [0.717, 1.165) is 22.5 Å². The van der Waals surface area contributed by atoms with Gasteiger partial charge in [-0.1, -0.05) is 30.3 Å². The van der Waals surface area contributed by atoms with E-state index < -0.39 is 0 Å². The van der Waals surface area contributed by atoms with Crippen molar-refractivity contribution >= 4 is 33.4 Å². The number of hydrogen-bond donors (Lipinski definition) is 2. The van der Waals surface area contributed by atoms with Crippen LogP contribution in [0, 0.1) is 0 Å². The summed E-state index contributed by atoms with van der Waals surface area (Å²) in [5.41, 5.74) is 3.77. The monoisotopic (exact) mass is 425 g/mol. The second kappa shape index (κ2) is 7.81. The van der Waals surface area contributed by atoms with Crippen LogP contribution in [0.5, 0.6) is 0 Å². The molecular weight excluding hydrogens is 402 g/mol. The molecule has 2 aromatic carbocycles. The van der Waals surface area contributed by atoms with Crippen LogP contribution in [-0.4, -0.2) is 38.6 Å². The fourth-order valence-corrected chi connectivity index (χ4v) is 4.05. The van der Waals surface area contributed by atoms with Crippen LogP contribution in [-0.2, 0) is 0 Å². The number of rotatable bonds is 5. The van der Waals surface area contributed by atoms with E-state index in [-0.39, 0.29) is 11.6 Å². The highest BCUT2D eigenvalue weighted by Gasteiger charge is 2.20. The molecule has 8 nitrogen and oxygen atoms in total. The minimum Gasteiger partial charge on any atom is -0.377 e. The summed E-state index contributed by atoms with van der Waals surface area (Å²) in [5.74, 6) is 0.609. The van der Waals surface area contributed by atoms with Gasteiger partial charge in [0, 0.05) is 31.2 Å². The second-order valence-corrected chi connectivity index (χ2v) is 7.87. The average Bonchev–Trinajstić information content (AvgIpc) is 3.29.